The maximum absolute atomic E-state index is 4.93. The molecule has 22 heavy (non-hydrogen) atoms. The molecule has 0 amide bonds. The molecule has 2 fully saturated rings. The van der Waals surface area contributed by atoms with Crippen LogP contribution in [0.25, 0.3) is 11.2 Å². The molecule has 0 bridgehead atoms. The van der Waals surface area contributed by atoms with E-state index in [-0.39, 0.29) is 0 Å². The first-order valence-electron chi connectivity index (χ1n) is 8.53. The summed E-state index contributed by atoms with van der Waals surface area (Å²) in [5, 5.41) is 0. The van der Waals surface area contributed by atoms with Crippen molar-refractivity contribution in [2.75, 3.05) is 39.8 Å². The van der Waals surface area contributed by atoms with Crippen molar-refractivity contribution in [1.82, 2.24) is 24.3 Å². The molecule has 2 saturated heterocycles. The lowest BCUT2D eigenvalue weighted by atomic mass is 10.1. The van der Waals surface area contributed by atoms with Crippen LogP contribution in [0, 0.1) is 0 Å². The van der Waals surface area contributed by atoms with Crippen molar-refractivity contribution in [3.05, 3.63) is 24.2 Å². The van der Waals surface area contributed by atoms with Crippen LogP contribution in [0.5, 0.6) is 0 Å². The Bertz CT molecular complexity index is 644. The van der Waals surface area contributed by atoms with Gasteiger partial charge < -0.3 is 14.4 Å². The molecule has 118 valence electrons. The third kappa shape index (κ3) is 2.63. The topological polar surface area (TPSA) is 37.2 Å². The van der Waals surface area contributed by atoms with Gasteiger partial charge >= 0.3 is 0 Å². The smallest absolute Gasteiger partial charge is 0.160 e. The van der Waals surface area contributed by atoms with Crippen molar-refractivity contribution >= 4 is 11.2 Å². The summed E-state index contributed by atoms with van der Waals surface area (Å²) < 4.78 is 2.39. The molecule has 0 spiro atoms. The molecule has 5 heteroatoms. The number of likely N-dealkylation sites (tertiary alicyclic amines) is 2. The highest BCUT2D eigenvalue weighted by Gasteiger charge is 2.27. The standard InChI is InChI=1S/C17H25N5/c1-20-10-6-14(13-20)16-19-15-5-4-7-18-17(15)22(16)12-11-21-8-2-3-9-21/h4-5,7,14H,2-3,6,8-13H2,1H3. The van der Waals surface area contributed by atoms with Gasteiger partial charge in [-0.15, -0.1) is 0 Å². The van der Waals surface area contributed by atoms with E-state index in [9.17, 15) is 0 Å². The van der Waals surface area contributed by atoms with Gasteiger partial charge in [-0.3, -0.25) is 0 Å². The van der Waals surface area contributed by atoms with Crippen LogP contribution in [0.1, 0.15) is 31.0 Å². The predicted molar refractivity (Wildman–Crippen MR) is 88.1 cm³/mol. The zero-order valence-corrected chi connectivity index (χ0v) is 13.4. The lowest BCUT2D eigenvalue weighted by molar-refractivity contribution is 0.320. The molecular formula is C17H25N5. The normalized spacial score (nSPS) is 23.8. The lowest BCUT2D eigenvalue weighted by Gasteiger charge is -2.18. The number of likely N-dealkylation sites (N-methyl/N-ethyl adjacent to an activating group) is 1. The van der Waals surface area contributed by atoms with E-state index in [2.05, 4.69) is 32.5 Å². The van der Waals surface area contributed by atoms with Crippen molar-refractivity contribution < 1.29 is 0 Å². The van der Waals surface area contributed by atoms with E-state index < -0.39 is 0 Å². The number of pyridine rings is 1. The Kier molecular flexibility index (Phi) is 3.84. The van der Waals surface area contributed by atoms with Crippen molar-refractivity contribution in [2.45, 2.75) is 31.7 Å². The Balaban J connectivity index is 1.63. The Labute approximate surface area is 131 Å². The fourth-order valence-electron chi connectivity index (χ4n) is 3.90. The molecule has 2 aliphatic rings. The number of aromatic nitrogens is 3. The Morgan fingerprint density at radius 3 is 2.82 bits per heavy atom. The molecule has 0 saturated carbocycles. The van der Waals surface area contributed by atoms with E-state index in [1.807, 2.05) is 12.3 Å². The van der Waals surface area contributed by atoms with E-state index in [4.69, 9.17) is 4.98 Å². The van der Waals surface area contributed by atoms with Gasteiger partial charge in [-0.25, -0.2) is 9.97 Å². The third-order valence-electron chi connectivity index (χ3n) is 5.13. The highest BCUT2D eigenvalue weighted by Crippen LogP contribution is 2.28. The van der Waals surface area contributed by atoms with Crippen molar-refractivity contribution in [1.29, 1.82) is 0 Å². The number of rotatable bonds is 4. The fourth-order valence-corrected chi connectivity index (χ4v) is 3.90. The summed E-state index contributed by atoms with van der Waals surface area (Å²) >= 11 is 0. The second-order valence-electron chi connectivity index (χ2n) is 6.76. The molecule has 1 atom stereocenters. The van der Waals surface area contributed by atoms with Gasteiger partial charge in [-0.1, -0.05) is 0 Å². The highest BCUT2D eigenvalue weighted by molar-refractivity contribution is 5.71. The Hall–Kier alpha value is -1.46. The van der Waals surface area contributed by atoms with Crippen LogP contribution in [-0.2, 0) is 6.54 Å². The summed E-state index contributed by atoms with van der Waals surface area (Å²) in [5.41, 5.74) is 2.11. The third-order valence-corrected chi connectivity index (χ3v) is 5.13. The summed E-state index contributed by atoms with van der Waals surface area (Å²) in [7, 11) is 2.20. The molecule has 1 unspecified atom stereocenters. The van der Waals surface area contributed by atoms with Gasteiger partial charge in [0, 0.05) is 31.7 Å². The van der Waals surface area contributed by atoms with E-state index in [1.54, 1.807) is 0 Å². The van der Waals surface area contributed by atoms with Crippen molar-refractivity contribution in [3.63, 3.8) is 0 Å². The predicted octanol–water partition coefficient (Wildman–Crippen LogP) is 1.95. The van der Waals surface area contributed by atoms with Crippen LogP contribution < -0.4 is 0 Å². The number of imidazole rings is 1. The van der Waals surface area contributed by atoms with Gasteiger partial charge in [0.25, 0.3) is 0 Å². The van der Waals surface area contributed by atoms with Crippen LogP contribution >= 0.6 is 0 Å². The molecule has 0 aliphatic carbocycles. The molecule has 2 aromatic heterocycles. The van der Waals surface area contributed by atoms with Gasteiger partial charge in [0.05, 0.1) is 0 Å². The number of hydrogen-bond acceptors (Lipinski definition) is 4. The zero-order valence-electron chi connectivity index (χ0n) is 13.4. The van der Waals surface area contributed by atoms with Gasteiger partial charge in [0.2, 0.25) is 0 Å². The minimum Gasteiger partial charge on any atom is -0.311 e. The van der Waals surface area contributed by atoms with E-state index in [0.717, 1.165) is 30.8 Å². The minimum absolute atomic E-state index is 0.553. The Morgan fingerprint density at radius 1 is 1.18 bits per heavy atom. The molecule has 2 aromatic rings. The summed E-state index contributed by atoms with van der Waals surface area (Å²) in [6.07, 6.45) is 5.80. The Morgan fingerprint density at radius 2 is 2.05 bits per heavy atom. The van der Waals surface area contributed by atoms with Crippen LogP contribution in [0.4, 0.5) is 0 Å². The lowest BCUT2D eigenvalue weighted by Crippen LogP contribution is -2.25. The summed E-state index contributed by atoms with van der Waals surface area (Å²) in [6.45, 7) is 6.93. The molecule has 4 rings (SSSR count). The van der Waals surface area contributed by atoms with Crippen LogP contribution in [0.3, 0.4) is 0 Å². The van der Waals surface area contributed by atoms with Crippen LogP contribution in [0.15, 0.2) is 18.3 Å². The highest BCUT2D eigenvalue weighted by atomic mass is 15.2. The van der Waals surface area contributed by atoms with Crippen LogP contribution in [-0.4, -0.2) is 64.1 Å². The SMILES string of the molecule is CN1CCC(c2nc3cccnc3n2CCN2CCCC2)C1. The van der Waals surface area contributed by atoms with E-state index >= 15 is 0 Å². The molecule has 4 heterocycles. The minimum atomic E-state index is 0.553. The molecular weight excluding hydrogens is 274 g/mol. The largest absolute Gasteiger partial charge is 0.311 e. The van der Waals surface area contributed by atoms with E-state index in [1.165, 1.54) is 44.7 Å². The van der Waals surface area contributed by atoms with Crippen molar-refractivity contribution in [3.8, 4) is 0 Å². The first-order chi connectivity index (χ1) is 10.8. The average molecular weight is 299 g/mol. The van der Waals surface area contributed by atoms with Gasteiger partial charge in [0.15, 0.2) is 5.65 Å². The summed E-state index contributed by atoms with van der Waals surface area (Å²) in [6, 6.07) is 4.08. The molecule has 0 radical (unpaired) electrons. The van der Waals surface area contributed by atoms with Gasteiger partial charge in [-0.05, 0) is 58.1 Å². The maximum atomic E-state index is 4.93. The molecule has 5 nitrogen and oxygen atoms in total. The summed E-state index contributed by atoms with van der Waals surface area (Å²) in [4.78, 5) is 14.5. The zero-order chi connectivity index (χ0) is 14.9. The maximum Gasteiger partial charge on any atom is 0.160 e. The first-order valence-corrected chi connectivity index (χ1v) is 8.53. The summed E-state index contributed by atoms with van der Waals surface area (Å²) in [5.74, 6) is 1.80. The van der Waals surface area contributed by atoms with Gasteiger partial charge in [0.1, 0.15) is 11.3 Å². The number of nitrogens with zero attached hydrogens (tertiary/aromatic N) is 5. The second-order valence-corrected chi connectivity index (χ2v) is 6.76. The van der Waals surface area contributed by atoms with Crippen LogP contribution in [0.2, 0.25) is 0 Å². The van der Waals surface area contributed by atoms with Crippen molar-refractivity contribution in [2.24, 2.45) is 0 Å². The molecule has 0 aromatic carbocycles. The monoisotopic (exact) mass is 299 g/mol. The number of hydrogen-bond donors (Lipinski definition) is 0. The number of fused-ring (bicyclic) bond motifs is 1. The first kappa shape index (κ1) is 14.2. The van der Waals surface area contributed by atoms with Gasteiger partial charge in [-0.2, -0.15) is 0 Å². The molecule has 0 N–H and O–H groups in total. The quantitative estimate of drug-likeness (QED) is 0.865. The average Bonchev–Trinajstić information content (AvgIpc) is 3.24. The fraction of sp³-hybridized carbons (Fsp3) is 0.647. The second kappa shape index (κ2) is 5.97. The molecule has 2 aliphatic heterocycles. The van der Waals surface area contributed by atoms with E-state index in [0.29, 0.717) is 5.92 Å².